The normalized spacial score (nSPS) is 27.6. The minimum Gasteiger partial charge on any atom is -0.391 e. The van der Waals surface area contributed by atoms with E-state index in [2.05, 4.69) is 23.5 Å². The van der Waals surface area contributed by atoms with Crippen LogP contribution in [0.25, 0.3) is 0 Å². The van der Waals surface area contributed by atoms with Crippen molar-refractivity contribution in [1.82, 2.24) is 0 Å². The second-order valence-electron chi connectivity index (χ2n) is 5.75. The zero-order chi connectivity index (χ0) is 12.4. The van der Waals surface area contributed by atoms with Crippen molar-refractivity contribution >= 4 is 5.69 Å². The topological polar surface area (TPSA) is 32.3 Å². The van der Waals surface area contributed by atoms with Crippen molar-refractivity contribution in [3.8, 4) is 0 Å². The van der Waals surface area contributed by atoms with Gasteiger partial charge in [-0.25, -0.2) is 0 Å². The molecule has 2 N–H and O–H groups in total. The first-order valence-corrected chi connectivity index (χ1v) is 7.40. The molecule has 98 valence electrons. The highest BCUT2D eigenvalue weighted by Gasteiger charge is 2.24. The Kier molecular flexibility index (Phi) is 3.55. The molecule has 2 nitrogen and oxygen atoms in total. The molecule has 0 saturated heterocycles. The smallest absolute Gasteiger partial charge is 0.0741 e. The van der Waals surface area contributed by atoms with Gasteiger partial charge in [-0.3, -0.25) is 0 Å². The predicted octanol–water partition coefficient (Wildman–Crippen LogP) is 3.28. The number of aliphatic hydroxyl groups is 1. The van der Waals surface area contributed by atoms with E-state index in [-0.39, 0.29) is 12.1 Å². The fourth-order valence-electron chi connectivity index (χ4n) is 3.40. The maximum absolute atomic E-state index is 10.1. The summed E-state index contributed by atoms with van der Waals surface area (Å²) >= 11 is 0. The number of aryl methyl sites for hydroxylation is 1. The maximum Gasteiger partial charge on any atom is 0.0741 e. The summed E-state index contributed by atoms with van der Waals surface area (Å²) in [5.74, 6) is 0. The summed E-state index contributed by atoms with van der Waals surface area (Å²) in [4.78, 5) is 0. The van der Waals surface area contributed by atoms with E-state index in [1.807, 2.05) is 0 Å². The Bertz CT molecular complexity index is 416. The third-order valence-corrected chi connectivity index (χ3v) is 4.47. The van der Waals surface area contributed by atoms with E-state index in [4.69, 9.17) is 0 Å². The van der Waals surface area contributed by atoms with Gasteiger partial charge in [-0.1, -0.05) is 25.0 Å². The number of hydrogen-bond acceptors (Lipinski definition) is 2. The average Bonchev–Trinajstić information content (AvgIpc) is 2.42. The molecule has 1 fully saturated rings. The zero-order valence-corrected chi connectivity index (χ0v) is 11.0. The molecule has 0 aliphatic heterocycles. The average molecular weight is 245 g/mol. The molecule has 2 aliphatic carbocycles. The van der Waals surface area contributed by atoms with Crippen molar-refractivity contribution < 1.29 is 5.11 Å². The van der Waals surface area contributed by atoms with Crippen LogP contribution >= 0.6 is 0 Å². The molecule has 3 rings (SSSR count). The second-order valence-corrected chi connectivity index (χ2v) is 5.75. The lowest BCUT2D eigenvalue weighted by atomic mass is 9.88. The molecule has 0 aromatic heterocycles. The predicted molar refractivity (Wildman–Crippen MR) is 75.0 cm³/mol. The number of nitrogens with one attached hydrogen (secondary N) is 1. The van der Waals surface area contributed by atoms with Crippen molar-refractivity contribution in [2.24, 2.45) is 0 Å². The largest absolute Gasteiger partial charge is 0.391 e. The van der Waals surface area contributed by atoms with Gasteiger partial charge in [-0.05, 0) is 55.7 Å². The van der Waals surface area contributed by atoms with Gasteiger partial charge in [-0.2, -0.15) is 0 Å². The van der Waals surface area contributed by atoms with Gasteiger partial charge in [-0.15, -0.1) is 0 Å². The summed E-state index contributed by atoms with van der Waals surface area (Å²) in [5, 5.41) is 13.7. The van der Waals surface area contributed by atoms with E-state index in [0.29, 0.717) is 0 Å². The lowest BCUT2D eigenvalue weighted by Gasteiger charge is -2.31. The van der Waals surface area contributed by atoms with Gasteiger partial charge >= 0.3 is 0 Å². The molecule has 2 aliphatic rings. The maximum atomic E-state index is 10.1. The van der Waals surface area contributed by atoms with Crippen LogP contribution in [0.4, 0.5) is 5.69 Å². The molecule has 0 unspecified atom stereocenters. The van der Waals surface area contributed by atoms with Crippen LogP contribution in [-0.2, 0) is 12.8 Å². The summed E-state index contributed by atoms with van der Waals surface area (Å²) in [6.45, 7) is 0. The van der Waals surface area contributed by atoms with Crippen molar-refractivity contribution in [3.63, 3.8) is 0 Å². The lowest BCUT2D eigenvalue weighted by molar-refractivity contribution is 0.116. The third kappa shape index (κ3) is 2.39. The van der Waals surface area contributed by atoms with E-state index >= 15 is 0 Å². The zero-order valence-electron chi connectivity index (χ0n) is 11.0. The first kappa shape index (κ1) is 12.0. The molecule has 0 amide bonds. The molecule has 0 heterocycles. The van der Waals surface area contributed by atoms with Crippen molar-refractivity contribution in [3.05, 3.63) is 29.3 Å². The number of aliphatic hydroxyl groups excluding tert-OH is 1. The van der Waals surface area contributed by atoms with Gasteiger partial charge in [0.2, 0.25) is 0 Å². The lowest BCUT2D eigenvalue weighted by Crippen LogP contribution is -2.36. The third-order valence-electron chi connectivity index (χ3n) is 4.47. The Morgan fingerprint density at radius 3 is 2.72 bits per heavy atom. The molecule has 1 aromatic carbocycles. The van der Waals surface area contributed by atoms with Gasteiger partial charge in [0.05, 0.1) is 12.1 Å². The molecule has 1 saturated carbocycles. The van der Waals surface area contributed by atoms with Crippen molar-refractivity contribution in [2.75, 3.05) is 5.32 Å². The number of anilines is 1. The van der Waals surface area contributed by atoms with Crippen molar-refractivity contribution in [2.45, 2.75) is 63.5 Å². The quantitative estimate of drug-likeness (QED) is 0.838. The fourth-order valence-corrected chi connectivity index (χ4v) is 3.40. The highest BCUT2D eigenvalue weighted by molar-refractivity contribution is 5.56. The Labute approximate surface area is 109 Å². The van der Waals surface area contributed by atoms with Gasteiger partial charge in [0.1, 0.15) is 0 Å². The summed E-state index contributed by atoms with van der Waals surface area (Å²) in [6, 6.07) is 6.86. The van der Waals surface area contributed by atoms with Gasteiger partial charge in [0.15, 0.2) is 0 Å². The van der Waals surface area contributed by atoms with Crippen LogP contribution in [0.1, 0.15) is 49.7 Å². The van der Waals surface area contributed by atoms with E-state index < -0.39 is 0 Å². The van der Waals surface area contributed by atoms with Gasteiger partial charge in [0.25, 0.3) is 0 Å². The molecule has 2 heteroatoms. The van der Waals surface area contributed by atoms with Crippen molar-refractivity contribution in [1.29, 1.82) is 0 Å². The Hall–Kier alpha value is -1.02. The minimum atomic E-state index is -0.168. The highest BCUT2D eigenvalue weighted by atomic mass is 16.3. The van der Waals surface area contributed by atoms with Gasteiger partial charge in [0, 0.05) is 5.69 Å². The molecular weight excluding hydrogens is 222 g/mol. The molecule has 0 spiro atoms. The minimum absolute atomic E-state index is 0.168. The van der Waals surface area contributed by atoms with Crippen LogP contribution in [0.3, 0.4) is 0 Å². The van der Waals surface area contributed by atoms with Crippen LogP contribution < -0.4 is 5.32 Å². The van der Waals surface area contributed by atoms with Crippen LogP contribution in [0.15, 0.2) is 18.2 Å². The van der Waals surface area contributed by atoms with E-state index in [1.54, 1.807) is 0 Å². The molecule has 18 heavy (non-hydrogen) atoms. The monoisotopic (exact) mass is 245 g/mol. The standard InChI is InChI=1S/C16H23NO/c18-16-11-4-3-9-15(16)17-14-10-5-7-12-6-1-2-8-13(12)14/h5,7,10,15-18H,1-4,6,8-9,11H2/t15-,16-/m1/s1. The fraction of sp³-hybridized carbons (Fsp3) is 0.625. The number of benzene rings is 1. The van der Waals surface area contributed by atoms with Crippen LogP contribution in [0.5, 0.6) is 0 Å². The van der Waals surface area contributed by atoms with E-state index in [0.717, 1.165) is 12.8 Å². The summed E-state index contributed by atoms with van der Waals surface area (Å²) in [5.41, 5.74) is 4.29. The molecule has 0 radical (unpaired) electrons. The molecule has 2 atom stereocenters. The van der Waals surface area contributed by atoms with Gasteiger partial charge < -0.3 is 10.4 Å². The molecule has 0 bridgehead atoms. The number of hydrogen-bond donors (Lipinski definition) is 2. The summed E-state index contributed by atoms with van der Waals surface area (Å²) < 4.78 is 0. The summed E-state index contributed by atoms with van der Waals surface area (Å²) in [6.07, 6.45) is 9.34. The number of fused-ring (bicyclic) bond motifs is 1. The second kappa shape index (κ2) is 5.31. The van der Waals surface area contributed by atoms with E-state index in [9.17, 15) is 5.11 Å². The van der Waals surface area contributed by atoms with E-state index in [1.165, 1.54) is 55.3 Å². The number of rotatable bonds is 2. The Balaban J connectivity index is 1.79. The molecule has 1 aromatic rings. The van der Waals surface area contributed by atoms with Crippen LogP contribution in [0, 0.1) is 0 Å². The summed E-state index contributed by atoms with van der Waals surface area (Å²) in [7, 11) is 0. The van der Waals surface area contributed by atoms with Crippen LogP contribution in [0.2, 0.25) is 0 Å². The Morgan fingerprint density at radius 2 is 1.83 bits per heavy atom. The Morgan fingerprint density at radius 1 is 1.00 bits per heavy atom. The first-order valence-electron chi connectivity index (χ1n) is 7.40. The van der Waals surface area contributed by atoms with Crippen LogP contribution in [-0.4, -0.2) is 17.3 Å². The SMILES string of the molecule is O[C@@H]1CCCC[C@H]1Nc1cccc2c1CCCC2. The highest BCUT2D eigenvalue weighted by Crippen LogP contribution is 2.30. The first-order chi connectivity index (χ1) is 8.84. The molecular formula is C16H23NO.